The number of allylic oxidation sites excluding steroid dienone is 3. The van der Waals surface area contributed by atoms with Crippen molar-refractivity contribution in [3.8, 4) is 5.75 Å². The van der Waals surface area contributed by atoms with Gasteiger partial charge in [0.2, 0.25) is 5.78 Å². The van der Waals surface area contributed by atoms with Crippen LogP contribution in [0.3, 0.4) is 0 Å². The smallest absolute Gasteiger partial charge is 0.336 e. The molecule has 1 aliphatic heterocycles. The Hall–Kier alpha value is -4.13. The molecule has 0 amide bonds. The second-order valence-electron chi connectivity index (χ2n) is 11.0. The molecule has 3 aromatic rings. The van der Waals surface area contributed by atoms with Gasteiger partial charge in [-0.05, 0) is 72.7 Å². The normalized spacial score (nSPS) is 18.6. The molecule has 0 saturated carbocycles. The Kier molecular flexibility index (Phi) is 6.70. The lowest BCUT2D eigenvalue weighted by molar-refractivity contribution is -0.136. The summed E-state index contributed by atoms with van der Waals surface area (Å²) in [4.78, 5) is 39.9. The fourth-order valence-electron chi connectivity index (χ4n) is 5.83. The third-order valence-corrected chi connectivity index (χ3v) is 7.65. The lowest BCUT2D eigenvalue weighted by Gasteiger charge is -2.39. The first kappa shape index (κ1) is 26.5. The van der Waals surface area contributed by atoms with Gasteiger partial charge in [-0.15, -0.1) is 0 Å². The van der Waals surface area contributed by atoms with E-state index in [-0.39, 0.29) is 22.7 Å². The number of nitrogens with one attached hydrogen (secondary N) is 1. The molecule has 1 unspecified atom stereocenters. The molecule has 39 heavy (non-hydrogen) atoms. The van der Waals surface area contributed by atoms with Crippen LogP contribution in [0.4, 0.5) is 0 Å². The summed E-state index contributed by atoms with van der Waals surface area (Å²) in [6, 6.07) is 12.5. The number of ketones is 2. The van der Waals surface area contributed by atoms with Gasteiger partial charge < -0.3 is 19.2 Å². The second kappa shape index (κ2) is 9.88. The lowest BCUT2D eigenvalue weighted by atomic mass is 9.68. The Labute approximate surface area is 227 Å². The number of Topliss-reactive ketones (excluding diaryl/α,β-unsaturated/α-hetero) is 1. The predicted molar refractivity (Wildman–Crippen MR) is 148 cm³/mol. The molecule has 0 saturated heterocycles. The van der Waals surface area contributed by atoms with Gasteiger partial charge in [-0.1, -0.05) is 26.8 Å². The van der Waals surface area contributed by atoms with Crippen LogP contribution < -0.4 is 10.1 Å². The van der Waals surface area contributed by atoms with Gasteiger partial charge in [0.1, 0.15) is 11.3 Å². The largest absolute Gasteiger partial charge is 0.497 e. The highest BCUT2D eigenvalue weighted by Gasteiger charge is 2.43. The monoisotopic (exact) mass is 527 g/mol. The summed E-state index contributed by atoms with van der Waals surface area (Å²) < 4.78 is 16.5. The summed E-state index contributed by atoms with van der Waals surface area (Å²) in [5, 5.41) is 4.09. The number of methoxy groups -OCH3 is 2. The highest BCUT2D eigenvalue weighted by atomic mass is 16.5. The van der Waals surface area contributed by atoms with Crippen LogP contribution in [-0.4, -0.2) is 31.8 Å². The minimum absolute atomic E-state index is 0.0216. The Morgan fingerprint density at radius 2 is 1.79 bits per heavy atom. The molecule has 1 aromatic heterocycles. The Morgan fingerprint density at radius 3 is 2.44 bits per heavy atom. The summed E-state index contributed by atoms with van der Waals surface area (Å²) in [6.45, 7) is 8.01. The molecule has 202 valence electrons. The summed E-state index contributed by atoms with van der Waals surface area (Å²) in [5.41, 5.74) is 5.18. The van der Waals surface area contributed by atoms with E-state index in [1.165, 1.54) is 7.11 Å². The van der Waals surface area contributed by atoms with E-state index in [1.54, 1.807) is 37.4 Å². The van der Waals surface area contributed by atoms with Crippen molar-refractivity contribution in [3.63, 3.8) is 0 Å². The first-order valence-corrected chi connectivity index (χ1v) is 13.1. The van der Waals surface area contributed by atoms with Gasteiger partial charge >= 0.3 is 5.97 Å². The van der Waals surface area contributed by atoms with E-state index < -0.39 is 11.9 Å². The fraction of sp³-hybridized carbons (Fsp3) is 0.344. The molecular formula is C32H33NO6. The SMILES string of the molecule is CCc1cc(C2C(C(=O)OC)=C(C)NC3=C2C(=O)CC(C)(C)C3)cc2cc(C(=O)c3ccc(OC)cc3)oc12. The number of carbonyl (C=O) groups is 3. The van der Waals surface area contributed by atoms with Crippen molar-refractivity contribution in [3.05, 3.63) is 87.5 Å². The molecule has 7 heteroatoms. The molecule has 7 nitrogen and oxygen atoms in total. The van der Waals surface area contributed by atoms with Crippen LogP contribution in [0.15, 0.2) is 69.4 Å². The van der Waals surface area contributed by atoms with E-state index in [4.69, 9.17) is 13.9 Å². The van der Waals surface area contributed by atoms with Gasteiger partial charge in [0.25, 0.3) is 0 Å². The average molecular weight is 528 g/mol. The lowest BCUT2D eigenvalue weighted by Crippen LogP contribution is -2.38. The maximum atomic E-state index is 13.6. The zero-order chi connectivity index (χ0) is 28.1. The molecule has 1 atom stereocenters. The predicted octanol–water partition coefficient (Wildman–Crippen LogP) is 6.01. The van der Waals surface area contributed by atoms with E-state index in [9.17, 15) is 14.4 Å². The van der Waals surface area contributed by atoms with Crippen LogP contribution in [0, 0.1) is 5.41 Å². The first-order chi connectivity index (χ1) is 18.6. The highest BCUT2D eigenvalue weighted by Crippen LogP contribution is 2.47. The third kappa shape index (κ3) is 4.67. The zero-order valence-electron chi connectivity index (χ0n) is 23.2. The molecule has 2 heterocycles. The number of dihydropyridines is 1. The van der Waals surface area contributed by atoms with Crippen LogP contribution in [0.2, 0.25) is 0 Å². The van der Waals surface area contributed by atoms with Crippen molar-refractivity contribution < 1.29 is 28.3 Å². The second-order valence-corrected chi connectivity index (χ2v) is 11.0. The Balaban J connectivity index is 1.66. The first-order valence-electron chi connectivity index (χ1n) is 13.1. The van der Waals surface area contributed by atoms with Crippen LogP contribution in [-0.2, 0) is 20.7 Å². The van der Waals surface area contributed by atoms with Gasteiger partial charge in [-0.25, -0.2) is 4.79 Å². The van der Waals surface area contributed by atoms with E-state index in [2.05, 4.69) is 19.2 Å². The number of ether oxygens (including phenoxy) is 2. The standard InChI is InChI=1S/C32H33NO6/c1-7-18-12-20(13-21-14-25(39-30(18)21)29(35)19-8-10-22(37-5)11-9-19)27-26(31(36)38-6)17(2)33-23-15-32(3,4)16-24(34)28(23)27/h8-14,27,33H,7,15-16H2,1-6H3. The van der Waals surface area contributed by atoms with Gasteiger partial charge in [0.15, 0.2) is 11.5 Å². The zero-order valence-corrected chi connectivity index (χ0v) is 23.2. The minimum Gasteiger partial charge on any atom is -0.497 e. The van der Waals surface area contributed by atoms with Crippen LogP contribution >= 0.6 is 0 Å². The average Bonchev–Trinajstić information content (AvgIpc) is 3.34. The number of carbonyl (C=O) groups excluding carboxylic acids is 3. The summed E-state index contributed by atoms with van der Waals surface area (Å²) in [5.74, 6) is -0.386. The van der Waals surface area contributed by atoms with Gasteiger partial charge in [-0.2, -0.15) is 0 Å². The number of furan rings is 1. The highest BCUT2D eigenvalue weighted by molar-refractivity contribution is 6.09. The summed E-state index contributed by atoms with van der Waals surface area (Å²) >= 11 is 0. The molecule has 1 aliphatic carbocycles. The van der Waals surface area contributed by atoms with E-state index in [0.29, 0.717) is 53.0 Å². The molecule has 0 spiro atoms. The van der Waals surface area contributed by atoms with Gasteiger partial charge in [0.05, 0.1) is 19.8 Å². The van der Waals surface area contributed by atoms with E-state index in [0.717, 1.165) is 22.2 Å². The number of fused-ring (bicyclic) bond motifs is 1. The summed E-state index contributed by atoms with van der Waals surface area (Å²) in [7, 11) is 2.93. The fourth-order valence-corrected chi connectivity index (χ4v) is 5.83. The quantitative estimate of drug-likeness (QED) is 0.310. The van der Waals surface area contributed by atoms with Crippen molar-refractivity contribution in [2.75, 3.05) is 14.2 Å². The molecule has 0 bridgehead atoms. The summed E-state index contributed by atoms with van der Waals surface area (Å²) in [6.07, 6.45) is 1.74. The molecular weight excluding hydrogens is 494 g/mol. The molecule has 0 radical (unpaired) electrons. The number of aryl methyl sites for hydroxylation is 1. The molecule has 2 aliphatic rings. The third-order valence-electron chi connectivity index (χ3n) is 7.65. The van der Waals surface area contributed by atoms with Crippen molar-refractivity contribution in [1.82, 2.24) is 5.32 Å². The van der Waals surface area contributed by atoms with Crippen molar-refractivity contribution in [2.45, 2.75) is 52.9 Å². The van der Waals surface area contributed by atoms with Crippen molar-refractivity contribution in [1.29, 1.82) is 0 Å². The number of hydrogen-bond acceptors (Lipinski definition) is 7. The van der Waals surface area contributed by atoms with E-state index in [1.807, 2.05) is 26.0 Å². The van der Waals surface area contributed by atoms with Gasteiger partial charge in [0, 0.05) is 40.3 Å². The maximum Gasteiger partial charge on any atom is 0.336 e. The van der Waals surface area contributed by atoms with Crippen molar-refractivity contribution in [2.24, 2.45) is 5.41 Å². The van der Waals surface area contributed by atoms with Crippen LogP contribution in [0.5, 0.6) is 5.75 Å². The molecule has 0 fully saturated rings. The number of rotatable bonds is 6. The van der Waals surface area contributed by atoms with Crippen LogP contribution in [0.25, 0.3) is 11.0 Å². The van der Waals surface area contributed by atoms with E-state index >= 15 is 0 Å². The molecule has 2 aromatic carbocycles. The Morgan fingerprint density at radius 1 is 1.08 bits per heavy atom. The molecule has 5 rings (SSSR count). The van der Waals surface area contributed by atoms with Gasteiger partial charge in [-0.3, -0.25) is 9.59 Å². The number of benzene rings is 2. The Bertz CT molecular complexity index is 1570. The topological polar surface area (TPSA) is 94.8 Å². The van der Waals surface area contributed by atoms with Crippen molar-refractivity contribution >= 4 is 28.5 Å². The maximum absolute atomic E-state index is 13.6. The number of esters is 1. The van der Waals surface area contributed by atoms with Crippen LogP contribution in [0.1, 0.15) is 73.7 Å². The minimum atomic E-state index is -0.581. The number of hydrogen-bond donors (Lipinski definition) is 1. The molecule has 1 N–H and O–H groups in total.